The highest BCUT2D eigenvalue weighted by Gasteiger charge is 2.41. The zero-order valence-corrected chi connectivity index (χ0v) is 19.6. The van der Waals surface area contributed by atoms with E-state index in [1.54, 1.807) is 0 Å². The van der Waals surface area contributed by atoms with E-state index in [4.69, 9.17) is 4.74 Å². The molecule has 28 heavy (non-hydrogen) atoms. The number of hydrogen-bond donors (Lipinski definition) is 1. The predicted octanol–water partition coefficient (Wildman–Crippen LogP) is 4.14. The summed E-state index contributed by atoms with van der Waals surface area (Å²) in [5.41, 5.74) is 0.320. The summed E-state index contributed by atoms with van der Waals surface area (Å²) in [7, 11) is 0. The Bertz CT molecular complexity index is 468. The SMILES string of the molecule is CC(C)N1CCC(OC(C)(C)C2CCN(C(C)(C)C3CCCNC3)CC2)CC1. The van der Waals surface area contributed by atoms with Crippen LogP contribution >= 0.6 is 0 Å². The van der Waals surface area contributed by atoms with Crippen LogP contribution in [0.4, 0.5) is 0 Å². The molecular formula is C24H47N3O. The number of piperidine rings is 3. The molecule has 3 aliphatic heterocycles. The molecule has 3 fully saturated rings. The fourth-order valence-electron chi connectivity index (χ4n) is 5.90. The second-order valence-electron chi connectivity index (χ2n) is 11.0. The highest BCUT2D eigenvalue weighted by Crippen LogP contribution is 2.38. The number of likely N-dealkylation sites (tertiary alicyclic amines) is 2. The van der Waals surface area contributed by atoms with E-state index >= 15 is 0 Å². The molecule has 4 nitrogen and oxygen atoms in total. The molecule has 164 valence electrons. The van der Waals surface area contributed by atoms with Crippen LogP contribution in [0.3, 0.4) is 0 Å². The van der Waals surface area contributed by atoms with E-state index in [0.717, 1.165) is 5.92 Å². The Morgan fingerprint density at radius 1 is 0.857 bits per heavy atom. The second kappa shape index (κ2) is 9.32. The zero-order valence-electron chi connectivity index (χ0n) is 19.6. The van der Waals surface area contributed by atoms with Crippen molar-refractivity contribution >= 4 is 0 Å². The van der Waals surface area contributed by atoms with Crippen molar-refractivity contribution in [2.75, 3.05) is 39.3 Å². The van der Waals surface area contributed by atoms with E-state index in [1.807, 2.05) is 0 Å². The van der Waals surface area contributed by atoms with Crippen molar-refractivity contribution in [3.63, 3.8) is 0 Å². The van der Waals surface area contributed by atoms with Crippen molar-refractivity contribution in [1.82, 2.24) is 15.1 Å². The molecular weight excluding hydrogens is 346 g/mol. The quantitative estimate of drug-likeness (QED) is 0.734. The fraction of sp³-hybridized carbons (Fsp3) is 1.00. The average Bonchev–Trinajstić information content (AvgIpc) is 2.69. The molecule has 3 aliphatic rings. The van der Waals surface area contributed by atoms with Crippen LogP contribution in [-0.4, -0.2) is 72.4 Å². The lowest BCUT2D eigenvalue weighted by Gasteiger charge is -2.50. The highest BCUT2D eigenvalue weighted by molar-refractivity contribution is 4.95. The molecule has 1 unspecified atom stereocenters. The van der Waals surface area contributed by atoms with Crippen LogP contribution in [0.2, 0.25) is 0 Å². The molecule has 0 bridgehead atoms. The molecule has 0 aromatic carbocycles. The molecule has 0 amide bonds. The monoisotopic (exact) mass is 393 g/mol. The van der Waals surface area contributed by atoms with E-state index in [0.29, 0.717) is 23.6 Å². The number of hydrogen-bond acceptors (Lipinski definition) is 4. The summed E-state index contributed by atoms with van der Waals surface area (Å²) in [4.78, 5) is 5.37. The van der Waals surface area contributed by atoms with Gasteiger partial charge < -0.3 is 15.0 Å². The molecule has 1 atom stereocenters. The van der Waals surface area contributed by atoms with Crippen molar-refractivity contribution in [3.8, 4) is 0 Å². The van der Waals surface area contributed by atoms with Gasteiger partial charge in [0.05, 0.1) is 11.7 Å². The van der Waals surface area contributed by atoms with Gasteiger partial charge in [0.1, 0.15) is 0 Å². The van der Waals surface area contributed by atoms with Crippen molar-refractivity contribution in [3.05, 3.63) is 0 Å². The predicted molar refractivity (Wildman–Crippen MR) is 119 cm³/mol. The Labute approximate surface area is 174 Å². The van der Waals surface area contributed by atoms with Crippen LogP contribution in [0.25, 0.3) is 0 Å². The Balaban J connectivity index is 1.48. The van der Waals surface area contributed by atoms with E-state index < -0.39 is 0 Å². The van der Waals surface area contributed by atoms with Crippen molar-refractivity contribution in [1.29, 1.82) is 0 Å². The molecule has 1 N–H and O–H groups in total. The zero-order chi connectivity index (χ0) is 20.4. The second-order valence-corrected chi connectivity index (χ2v) is 11.0. The van der Waals surface area contributed by atoms with Crippen molar-refractivity contribution in [2.24, 2.45) is 11.8 Å². The third kappa shape index (κ3) is 5.30. The third-order valence-corrected chi connectivity index (χ3v) is 8.27. The van der Waals surface area contributed by atoms with Gasteiger partial charge in [-0.3, -0.25) is 4.90 Å². The largest absolute Gasteiger partial charge is 0.372 e. The van der Waals surface area contributed by atoms with Crippen LogP contribution in [0.15, 0.2) is 0 Å². The Hall–Kier alpha value is -0.160. The minimum Gasteiger partial charge on any atom is -0.372 e. The van der Waals surface area contributed by atoms with Gasteiger partial charge in [-0.05, 0) is 118 Å². The van der Waals surface area contributed by atoms with Crippen LogP contribution in [-0.2, 0) is 4.74 Å². The molecule has 3 saturated heterocycles. The molecule has 0 radical (unpaired) electrons. The van der Waals surface area contributed by atoms with Gasteiger partial charge in [-0.15, -0.1) is 0 Å². The Morgan fingerprint density at radius 3 is 2.04 bits per heavy atom. The maximum atomic E-state index is 6.73. The Morgan fingerprint density at radius 2 is 1.50 bits per heavy atom. The lowest BCUT2D eigenvalue weighted by Crippen LogP contribution is -2.57. The molecule has 0 aromatic rings. The molecule has 4 heteroatoms. The third-order valence-electron chi connectivity index (χ3n) is 8.27. The topological polar surface area (TPSA) is 27.7 Å². The minimum atomic E-state index is 0.00724. The van der Waals surface area contributed by atoms with Gasteiger partial charge in [-0.2, -0.15) is 0 Å². The van der Waals surface area contributed by atoms with Gasteiger partial charge in [-0.25, -0.2) is 0 Å². The summed E-state index contributed by atoms with van der Waals surface area (Å²) < 4.78 is 6.73. The van der Waals surface area contributed by atoms with Gasteiger partial charge in [0.25, 0.3) is 0 Å². The molecule has 3 heterocycles. The minimum absolute atomic E-state index is 0.00724. The van der Waals surface area contributed by atoms with Crippen LogP contribution < -0.4 is 5.32 Å². The maximum Gasteiger partial charge on any atom is 0.0659 e. The standard InChI is InChI=1S/C24H47N3O/c1-19(2)26-14-11-22(12-15-26)28-24(5,6)20-9-16-27(17-10-20)23(3,4)21-8-7-13-25-18-21/h19-22,25H,7-18H2,1-6H3. The fourth-order valence-corrected chi connectivity index (χ4v) is 5.90. The maximum absolute atomic E-state index is 6.73. The number of nitrogens with one attached hydrogen (secondary N) is 1. The van der Waals surface area contributed by atoms with E-state index in [9.17, 15) is 0 Å². The number of ether oxygens (including phenoxy) is 1. The molecule has 0 aromatic heterocycles. The van der Waals surface area contributed by atoms with Crippen LogP contribution in [0, 0.1) is 11.8 Å². The van der Waals surface area contributed by atoms with Crippen LogP contribution in [0.5, 0.6) is 0 Å². The van der Waals surface area contributed by atoms with E-state index in [1.165, 1.54) is 77.8 Å². The summed E-state index contributed by atoms with van der Waals surface area (Å²) in [6.07, 6.45) is 8.12. The highest BCUT2D eigenvalue weighted by atomic mass is 16.5. The summed E-state index contributed by atoms with van der Waals surface area (Å²) >= 11 is 0. The number of rotatable bonds is 6. The first kappa shape index (κ1) is 22.5. The normalized spacial score (nSPS) is 28.2. The van der Waals surface area contributed by atoms with Crippen molar-refractivity contribution < 1.29 is 4.74 Å². The molecule has 0 saturated carbocycles. The van der Waals surface area contributed by atoms with Gasteiger partial charge in [0.15, 0.2) is 0 Å². The summed E-state index contributed by atoms with van der Waals surface area (Å²) in [6.45, 7) is 21.5. The first-order valence-electron chi connectivity index (χ1n) is 12.1. The first-order valence-corrected chi connectivity index (χ1v) is 12.1. The average molecular weight is 394 g/mol. The molecule has 0 aliphatic carbocycles. The van der Waals surface area contributed by atoms with Gasteiger partial charge in [0, 0.05) is 24.7 Å². The van der Waals surface area contributed by atoms with Crippen molar-refractivity contribution in [2.45, 2.75) is 103 Å². The molecule has 0 spiro atoms. The number of nitrogens with zero attached hydrogens (tertiary/aromatic N) is 2. The molecule has 3 rings (SSSR count). The van der Waals surface area contributed by atoms with E-state index in [2.05, 4.69) is 56.7 Å². The van der Waals surface area contributed by atoms with Gasteiger partial charge >= 0.3 is 0 Å². The lowest BCUT2D eigenvalue weighted by molar-refractivity contribution is -0.136. The summed E-state index contributed by atoms with van der Waals surface area (Å²) in [6, 6.07) is 0.668. The van der Waals surface area contributed by atoms with Gasteiger partial charge in [-0.1, -0.05) is 0 Å². The van der Waals surface area contributed by atoms with Crippen LogP contribution in [0.1, 0.15) is 80.1 Å². The smallest absolute Gasteiger partial charge is 0.0659 e. The van der Waals surface area contributed by atoms with E-state index in [-0.39, 0.29) is 5.60 Å². The Kier molecular flexibility index (Phi) is 7.50. The summed E-state index contributed by atoms with van der Waals surface area (Å²) in [5, 5.41) is 3.62. The van der Waals surface area contributed by atoms with Gasteiger partial charge in [0.2, 0.25) is 0 Å². The lowest BCUT2D eigenvalue weighted by atomic mass is 9.77. The first-order chi connectivity index (χ1) is 13.2. The summed E-state index contributed by atoms with van der Waals surface area (Å²) in [5.74, 6) is 1.47.